The number of methoxy groups -OCH3 is 2. The van der Waals surface area contributed by atoms with Crippen LogP contribution >= 0.6 is 0 Å². The second-order valence-electron chi connectivity index (χ2n) is 7.73. The van der Waals surface area contributed by atoms with Gasteiger partial charge >= 0.3 is 11.5 Å². The Labute approximate surface area is 200 Å². The Morgan fingerprint density at radius 3 is 2.29 bits per heavy atom. The van der Waals surface area contributed by atoms with Crippen molar-refractivity contribution in [1.29, 1.82) is 0 Å². The van der Waals surface area contributed by atoms with Crippen LogP contribution in [0.5, 0.6) is 11.5 Å². The highest BCUT2D eigenvalue weighted by atomic mass is 16.5. The molecular formula is C26H23N4O5+. The zero-order valence-electron chi connectivity index (χ0n) is 19.4. The molecule has 5 aromatic rings. The molecule has 0 aliphatic heterocycles. The molecule has 9 heteroatoms. The highest BCUT2D eigenvalue weighted by Gasteiger charge is 2.24. The second kappa shape index (κ2) is 8.94. The lowest BCUT2D eigenvalue weighted by Crippen LogP contribution is -2.27. The van der Waals surface area contributed by atoms with Gasteiger partial charge < -0.3 is 14.2 Å². The number of carbonyl (C=O) groups excluding carboxylic acids is 1. The van der Waals surface area contributed by atoms with Crippen LogP contribution in [0.2, 0.25) is 0 Å². The Bertz CT molecular complexity index is 1600. The van der Waals surface area contributed by atoms with Gasteiger partial charge in [-0.2, -0.15) is 4.40 Å². The second-order valence-corrected chi connectivity index (χ2v) is 7.73. The number of aromatic nitrogens is 4. The van der Waals surface area contributed by atoms with E-state index >= 15 is 0 Å². The molecule has 35 heavy (non-hydrogen) atoms. The first-order valence-electron chi connectivity index (χ1n) is 11.0. The smallest absolute Gasteiger partial charge is 0.346 e. The number of esters is 1. The van der Waals surface area contributed by atoms with E-state index in [1.807, 2.05) is 59.3 Å². The van der Waals surface area contributed by atoms with Crippen LogP contribution in [0.25, 0.3) is 33.5 Å². The molecule has 0 unspecified atom stereocenters. The summed E-state index contributed by atoms with van der Waals surface area (Å²) in [4.78, 5) is 33.1. The fourth-order valence-electron chi connectivity index (χ4n) is 4.06. The molecule has 2 aromatic carbocycles. The number of ether oxygens (including phenoxy) is 3. The number of nitrogens with zero attached hydrogens (tertiary/aromatic N) is 3. The van der Waals surface area contributed by atoms with E-state index in [1.54, 1.807) is 21.1 Å². The highest BCUT2D eigenvalue weighted by molar-refractivity contribution is 6.02. The number of H-pyrrole nitrogens is 1. The molecule has 0 amide bonds. The van der Waals surface area contributed by atoms with Gasteiger partial charge in [0.05, 0.1) is 33.2 Å². The van der Waals surface area contributed by atoms with Gasteiger partial charge in [0.15, 0.2) is 11.9 Å². The number of fused-ring (bicyclic) bond motifs is 3. The number of nitrogens with one attached hydrogen (secondary N) is 1. The Hall–Kier alpha value is -4.66. The summed E-state index contributed by atoms with van der Waals surface area (Å²) in [6, 6.07) is 15.3. The first-order valence-corrected chi connectivity index (χ1v) is 11.0. The predicted octanol–water partition coefficient (Wildman–Crippen LogP) is 3.31. The van der Waals surface area contributed by atoms with Gasteiger partial charge in [0.2, 0.25) is 11.3 Å². The zero-order chi connectivity index (χ0) is 24.5. The molecule has 9 nitrogen and oxygen atoms in total. The minimum atomic E-state index is -0.703. The molecule has 0 radical (unpaired) electrons. The summed E-state index contributed by atoms with van der Waals surface area (Å²) in [6.07, 6.45) is 4.77. The molecule has 1 N–H and O–H groups in total. The van der Waals surface area contributed by atoms with Crippen LogP contribution < -0.4 is 20.0 Å². The minimum Gasteiger partial charge on any atom is -0.497 e. The number of hydrogen-bond acceptors (Lipinski definition) is 6. The SMILES string of the molecule is CCOC(=O)c1cnc2c3c(-c4ccc(OC)cc4)cn(-c4ccc(OC)cc4)c3[nH+]cn2c1=O. The third-order valence-electron chi connectivity index (χ3n) is 5.80. The summed E-state index contributed by atoms with van der Waals surface area (Å²) in [7, 11) is 3.24. The molecular weight excluding hydrogens is 448 g/mol. The fourth-order valence-corrected chi connectivity index (χ4v) is 4.06. The van der Waals surface area contributed by atoms with E-state index in [2.05, 4.69) is 9.97 Å². The van der Waals surface area contributed by atoms with Crippen molar-refractivity contribution in [3.63, 3.8) is 0 Å². The van der Waals surface area contributed by atoms with Crippen LogP contribution in [0.15, 0.2) is 72.0 Å². The lowest BCUT2D eigenvalue weighted by atomic mass is 10.1. The third-order valence-corrected chi connectivity index (χ3v) is 5.80. The zero-order valence-corrected chi connectivity index (χ0v) is 19.4. The lowest BCUT2D eigenvalue weighted by molar-refractivity contribution is -0.354. The summed E-state index contributed by atoms with van der Waals surface area (Å²) in [5.74, 6) is 0.776. The van der Waals surface area contributed by atoms with Crippen molar-refractivity contribution >= 4 is 22.6 Å². The largest absolute Gasteiger partial charge is 0.497 e. The molecule has 0 spiro atoms. The fraction of sp³-hybridized carbons (Fsp3) is 0.154. The van der Waals surface area contributed by atoms with Crippen molar-refractivity contribution in [3.05, 3.63) is 83.2 Å². The molecule has 0 saturated heterocycles. The van der Waals surface area contributed by atoms with E-state index in [1.165, 1.54) is 16.9 Å². The summed E-state index contributed by atoms with van der Waals surface area (Å²) >= 11 is 0. The molecule has 0 bridgehead atoms. The summed E-state index contributed by atoms with van der Waals surface area (Å²) < 4.78 is 18.9. The van der Waals surface area contributed by atoms with Gasteiger partial charge in [-0.3, -0.25) is 4.98 Å². The molecule has 3 heterocycles. The summed E-state index contributed by atoms with van der Waals surface area (Å²) in [5, 5.41) is 0.723. The van der Waals surface area contributed by atoms with Gasteiger partial charge in [-0.05, 0) is 48.9 Å². The maximum Gasteiger partial charge on any atom is 0.346 e. The van der Waals surface area contributed by atoms with E-state index in [0.29, 0.717) is 5.65 Å². The van der Waals surface area contributed by atoms with Crippen LogP contribution in [0.4, 0.5) is 0 Å². The molecule has 5 rings (SSSR count). The average molecular weight is 471 g/mol. The maximum absolute atomic E-state index is 13.1. The van der Waals surface area contributed by atoms with Crippen molar-refractivity contribution in [1.82, 2.24) is 14.0 Å². The van der Waals surface area contributed by atoms with E-state index in [4.69, 9.17) is 14.2 Å². The Morgan fingerprint density at radius 2 is 1.66 bits per heavy atom. The van der Waals surface area contributed by atoms with Gasteiger partial charge in [0.25, 0.3) is 0 Å². The van der Waals surface area contributed by atoms with E-state index in [-0.39, 0.29) is 12.2 Å². The van der Waals surface area contributed by atoms with Crippen molar-refractivity contribution < 1.29 is 24.0 Å². The molecule has 3 aromatic heterocycles. The van der Waals surface area contributed by atoms with E-state index in [0.717, 1.165) is 39.3 Å². The number of hydrogen-bond donors (Lipinski definition) is 0. The van der Waals surface area contributed by atoms with Crippen LogP contribution in [-0.2, 0) is 4.74 Å². The quantitative estimate of drug-likeness (QED) is 0.353. The topological polar surface area (TPSA) is 98.2 Å². The number of carbonyl (C=O) groups is 1. The normalized spacial score (nSPS) is 11.1. The maximum atomic E-state index is 13.1. The monoisotopic (exact) mass is 471 g/mol. The molecule has 0 aliphatic carbocycles. The Morgan fingerprint density at radius 1 is 1.00 bits per heavy atom. The van der Waals surface area contributed by atoms with E-state index < -0.39 is 11.5 Å². The molecule has 0 aliphatic rings. The van der Waals surface area contributed by atoms with Gasteiger partial charge in [-0.1, -0.05) is 12.1 Å². The predicted molar refractivity (Wildman–Crippen MR) is 129 cm³/mol. The third kappa shape index (κ3) is 3.76. The average Bonchev–Trinajstić information content (AvgIpc) is 3.29. The number of rotatable bonds is 6. The van der Waals surface area contributed by atoms with Crippen molar-refractivity contribution in [3.8, 4) is 28.3 Å². The van der Waals surface area contributed by atoms with Crippen LogP contribution in [0, 0.1) is 0 Å². The molecule has 0 atom stereocenters. The van der Waals surface area contributed by atoms with Gasteiger partial charge in [-0.25, -0.2) is 19.1 Å². The highest BCUT2D eigenvalue weighted by Crippen LogP contribution is 2.33. The van der Waals surface area contributed by atoms with Crippen molar-refractivity contribution in [2.24, 2.45) is 0 Å². The Balaban J connectivity index is 1.80. The first-order chi connectivity index (χ1) is 17.0. The standard InChI is InChI=1S/C26H22N4O5/c1-4-35-26(32)20-13-27-23-22-21(16-5-9-18(33-2)10-6-16)14-29(17-7-11-19(34-3)12-8-17)24(22)28-15-30(23)25(20)31/h5-15H,4H2,1-3H3/p+1. The van der Waals surface area contributed by atoms with Crippen LogP contribution in [0.1, 0.15) is 17.3 Å². The van der Waals surface area contributed by atoms with Gasteiger partial charge in [0.1, 0.15) is 22.6 Å². The molecule has 0 saturated carbocycles. The summed E-state index contributed by atoms with van der Waals surface area (Å²) in [6.45, 7) is 1.85. The van der Waals surface area contributed by atoms with Crippen molar-refractivity contribution in [2.45, 2.75) is 6.92 Å². The Kier molecular flexibility index (Phi) is 5.66. The number of benzene rings is 2. The van der Waals surface area contributed by atoms with Crippen LogP contribution in [0.3, 0.4) is 0 Å². The summed E-state index contributed by atoms with van der Waals surface area (Å²) in [5.41, 5.74) is 3.16. The number of aromatic amines is 1. The van der Waals surface area contributed by atoms with Gasteiger partial charge in [-0.15, -0.1) is 0 Å². The minimum absolute atomic E-state index is 0.127. The first kappa shape index (κ1) is 22.1. The molecule has 176 valence electrons. The van der Waals surface area contributed by atoms with E-state index in [9.17, 15) is 9.59 Å². The molecule has 0 fully saturated rings. The van der Waals surface area contributed by atoms with Crippen molar-refractivity contribution in [2.75, 3.05) is 20.8 Å². The van der Waals surface area contributed by atoms with Crippen LogP contribution in [-0.4, -0.2) is 40.7 Å². The lowest BCUT2D eigenvalue weighted by Gasteiger charge is -2.04. The van der Waals surface area contributed by atoms with Gasteiger partial charge in [0, 0.05) is 5.56 Å².